The van der Waals surface area contributed by atoms with Gasteiger partial charge < -0.3 is 14.7 Å². The summed E-state index contributed by atoms with van der Waals surface area (Å²) in [5, 5.41) is 10.1. The van der Waals surface area contributed by atoms with E-state index in [4.69, 9.17) is 4.74 Å². The first-order chi connectivity index (χ1) is 8.53. The average Bonchev–Trinajstić information content (AvgIpc) is 2.38. The van der Waals surface area contributed by atoms with Crippen LogP contribution in [0.5, 0.6) is 0 Å². The molecular formula is C13H23NO4. The second kappa shape index (κ2) is 6.73. The molecule has 104 valence electrons. The molecule has 0 heterocycles. The number of hydrogen-bond acceptors (Lipinski definition) is 4. The summed E-state index contributed by atoms with van der Waals surface area (Å²) in [6, 6.07) is 0. The second-order valence-electron chi connectivity index (χ2n) is 4.73. The number of amides is 1. The van der Waals surface area contributed by atoms with Crippen molar-refractivity contribution in [3.8, 4) is 0 Å². The zero-order valence-electron chi connectivity index (χ0n) is 11.3. The summed E-state index contributed by atoms with van der Waals surface area (Å²) in [5.41, 5.74) is -1.37. The van der Waals surface area contributed by atoms with Crippen LogP contribution in [-0.2, 0) is 14.3 Å². The minimum Gasteiger partial charge on any atom is -0.453 e. The maximum absolute atomic E-state index is 11.8. The topological polar surface area (TPSA) is 66.8 Å². The predicted octanol–water partition coefficient (Wildman–Crippen LogP) is 1.09. The SMILES string of the molecule is CCN(CC)C(=O)COC(=O)C1(O)CCCCC1. The van der Waals surface area contributed by atoms with E-state index in [1.165, 1.54) is 0 Å². The van der Waals surface area contributed by atoms with E-state index >= 15 is 0 Å². The molecule has 1 amide bonds. The Morgan fingerprint density at radius 2 is 1.72 bits per heavy atom. The van der Waals surface area contributed by atoms with Crippen LogP contribution in [0.2, 0.25) is 0 Å². The zero-order valence-corrected chi connectivity index (χ0v) is 11.3. The highest BCUT2D eigenvalue weighted by Crippen LogP contribution is 2.29. The Hall–Kier alpha value is -1.10. The summed E-state index contributed by atoms with van der Waals surface area (Å²) in [7, 11) is 0. The van der Waals surface area contributed by atoms with Crippen LogP contribution in [-0.4, -0.2) is 47.2 Å². The van der Waals surface area contributed by atoms with Gasteiger partial charge in [0.15, 0.2) is 12.2 Å². The highest BCUT2D eigenvalue weighted by Gasteiger charge is 2.39. The molecule has 1 N–H and O–H groups in total. The number of nitrogens with zero attached hydrogens (tertiary/aromatic N) is 1. The molecular weight excluding hydrogens is 234 g/mol. The van der Waals surface area contributed by atoms with E-state index in [1.807, 2.05) is 13.8 Å². The van der Waals surface area contributed by atoms with Crippen molar-refractivity contribution in [2.24, 2.45) is 0 Å². The fourth-order valence-electron chi connectivity index (χ4n) is 2.27. The molecule has 0 bridgehead atoms. The van der Waals surface area contributed by atoms with Crippen LogP contribution in [0.1, 0.15) is 46.0 Å². The van der Waals surface area contributed by atoms with Crippen molar-refractivity contribution < 1.29 is 19.4 Å². The van der Waals surface area contributed by atoms with E-state index in [0.29, 0.717) is 25.9 Å². The van der Waals surface area contributed by atoms with E-state index in [2.05, 4.69) is 0 Å². The summed E-state index contributed by atoms with van der Waals surface area (Å²) in [4.78, 5) is 25.0. The number of rotatable bonds is 5. The Morgan fingerprint density at radius 1 is 1.17 bits per heavy atom. The molecule has 0 saturated heterocycles. The summed E-state index contributed by atoms with van der Waals surface area (Å²) >= 11 is 0. The molecule has 1 rings (SSSR count). The number of esters is 1. The lowest BCUT2D eigenvalue weighted by Gasteiger charge is -2.29. The highest BCUT2D eigenvalue weighted by molar-refractivity contribution is 5.84. The fourth-order valence-corrected chi connectivity index (χ4v) is 2.27. The van der Waals surface area contributed by atoms with Crippen molar-refractivity contribution in [1.29, 1.82) is 0 Å². The van der Waals surface area contributed by atoms with Gasteiger partial charge in [-0.1, -0.05) is 6.42 Å². The molecule has 0 aromatic rings. The molecule has 0 atom stereocenters. The first-order valence-electron chi connectivity index (χ1n) is 6.71. The largest absolute Gasteiger partial charge is 0.453 e. The van der Waals surface area contributed by atoms with Gasteiger partial charge in [0.05, 0.1) is 0 Å². The first kappa shape index (κ1) is 15.0. The molecule has 0 unspecified atom stereocenters. The summed E-state index contributed by atoms with van der Waals surface area (Å²) in [5.74, 6) is -0.865. The van der Waals surface area contributed by atoms with Crippen LogP contribution in [0.3, 0.4) is 0 Å². The van der Waals surface area contributed by atoms with E-state index in [1.54, 1.807) is 4.90 Å². The monoisotopic (exact) mass is 257 g/mol. The minimum absolute atomic E-state index is 0.215. The molecule has 0 aromatic heterocycles. The Morgan fingerprint density at radius 3 is 2.22 bits per heavy atom. The molecule has 1 fully saturated rings. The lowest BCUT2D eigenvalue weighted by Crippen LogP contribution is -2.43. The van der Waals surface area contributed by atoms with Gasteiger partial charge in [-0.25, -0.2) is 4.79 Å². The smallest absolute Gasteiger partial charge is 0.338 e. The van der Waals surface area contributed by atoms with Crippen LogP contribution in [0.15, 0.2) is 0 Å². The zero-order chi connectivity index (χ0) is 13.6. The second-order valence-corrected chi connectivity index (χ2v) is 4.73. The molecule has 5 nitrogen and oxygen atoms in total. The number of likely N-dealkylation sites (N-methyl/N-ethyl adjacent to an activating group) is 1. The Balaban J connectivity index is 2.42. The lowest BCUT2D eigenvalue weighted by atomic mass is 9.85. The van der Waals surface area contributed by atoms with Crippen LogP contribution < -0.4 is 0 Å². The van der Waals surface area contributed by atoms with E-state index in [-0.39, 0.29) is 12.5 Å². The Labute approximate surface area is 108 Å². The first-order valence-corrected chi connectivity index (χ1v) is 6.71. The lowest BCUT2D eigenvalue weighted by molar-refractivity contribution is -0.172. The van der Waals surface area contributed by atoms with Crippen molar-refractivity contribution in [3.63, 3.8) is 0 Å². The number of carbonyl (C=O) groups is 2. The fraction of sp³-hybridized carbons (Fsp3) is 0.846. The van der Waals surface area contributed by atoms with Crippen molar-refractivity contribution in [2.75, 3.05) is 19.7 Å². The predicted molar refractivity (Wildman–Crippen MR) is 66.9 cm³/mol. The van der Waals surface area contributed by atoms with Gasteiger partial charge in [-0.2, -0.15) is 0 Å². The summed E-state index contributed by atoms with van der Waals surface area (Å²) in [6.45, 7) is 4.66. The number of hydrogen-bond donors (Lipinski definition) is 1. The molecule has 1 saturated carbocycles. The molecule has 1 aliphatic rings. The number of carbonyl (C=O) groups excluding carboxylic acids is 2. The number of ether oxygens (including phenoxy) is 1. The van der Waals surface area contributed by atoms with Gasteiger partial charge in [0, 0.05) is 13.1 Å². The Bertz CT molecular complexity index is 293. The van der Waals surface area contributed by atoms with Crippen molar-refractivity contribution in [3.05, 3.63) is 0 Å². The number of aliphatic hydroxyl groups is 1. The van der Waals surface area contributed by atoms with Gasteiger partial charge in [-0.05, 0) is 39.5 Å². The third-order valence-corrected chi connectivity index (χ3v) is 3.50. The quantitative estimate of drug-likeness (QED) is 0.749. The molecule has 5 heteroatoms. The molecule has 0 spiro atoms. The summed E-state index contributed by atoms with van der Waals surface area (Å²) in [6.07, 6.45) is 3.57. The standard InChI is InChI=1S/C13H23NO4/c1-3-14(4-2)11(15)10-18-12(16)13(17)8-6-5-7-9-13/h17H,3-10H2,1-2H3. The normalized spacial score (nSPS) is 18.2. The molecule has 0 radical (unpaired) electrons. The van der Waals surface area contributed by atoms with Gasteiger partial charge >= 0.3 is 5.97 Å². The van der Waals surface area contributed by atoms with Crippen molar-refractivity contribution >= 4 is 11.9 Å². The average molecular weight is 257 g/mol. The van der Waals surface area contributed by atoms with Crippen LogP contribution in [0.25, 0.3) is 0 Å². The maximum atomic E-state index is 11.8. The van der Waals surface area contributed by atoms with Gasteiger partial charge in [-0.15, -0.1) is 0 Å². The van der Waals surface area contributed by atoms with Crippen LogP contribution in [0.4, 0.5) is 0 Å². The maximum Gasteiger partial charge on any atom is 0.338 e. The van der Waals surface area contributed by atoms with Gasteiger partial charge in [0.25, 0.3) is 5.91 Å². The van der Waals surface area contributed by atoms with Crippen LogP contribution in [0, 0.1) is 0 Å². The minimum atomic E-state index is -1.37. The van der Waals surface area contributed by atoms with Crippen LogP contribution >= 0.6 is 0 Å². The van der Waals surface area contributed by atoms with E-state index in [0.717, 1.165) is 19.3 Å². The Kier molecular flexibility index (Phi) is 5.59. The molecule has 0 aromatic carbocycles. The van der Waals surface area contributed by atoms with Crippen molar-refractivity contribution in [2.45, 2.75) is 51.6 Å². The third-order valence-electron chi connectivity index (χ3n) is 3.50. The van der Waals surface area contributed by atoms with Crippen molar-refractivity contribution in [1.82, 2.24) is 4.90 Å². The molecule has 18 heavy (non-hydrogen) atoms. The van der Waals surface area contributed by atoms with E-state index in [9.17, 15) is 14.7 Å². The molecule has 0 aliphatic heterocycles. The van der Waals surface area contributed by atoms with Gasteiger partial charge in [-0.3, -0.25) is 4.79 Å². The van der Waals surface area contributed by atoms with Gasteiger partial charge in [0.1, 0.15) is 0 Å². The van der Waals surface area contributed by atoms with E-state index < -0.39 is 11.6 Å². The third kappa shape index (κ3) is 3.70. The van der Waals surface area contributed by atoms with Gasteiger partial charge in [0.2, 0.25) is 0 Å². The molecule has 1 aliphatic carbocycles. The summed E-state index contributed by atoms with van der Waals surface area (Å²) < 4.78 is 4.95. The highest BCUT2D eigenvalue weighted by atomic mass is 16.6.